The van der Waals surface area contributed by atoms with E-state index in [0.717, 1.165) is 49.2 Å². The average Bonchev–Trinajstić information content (AvgIpc) is 3.39. The van der Waals surface area contributed by atoms with E-state index < -0.39 is 21.8 Å². The molecule has 3 fully saturated rings. The molecule has 1 spiro atoms. The standard InChI is InChI=1S/C28H33Cl3N2O6/c1-18-23(16-33-12-10-27(11-13-33)36-14-15-37-27)38-25(39-24(18)20-4-2-19(17-34)3-5-20)21-6-8-22(9-7-21)32-26(35)28(29,30)31/h2-9,18,23-25,34H,10-17H2,1H3,(H,32,35). The number of alkyl halides is 3. The largest absolute Gasteiger partial charge is 0.392 e. The molecule has 2 N–H and O–H groups in total. The Kier molecular flexibility index (Phi) is 9.08. The van der Waals surface area contributed by atoms with E-state index in [4.69, 9.17) is 53.8 Å². The number of nitrogens with one attached hydrogen (secondary N) is 1. The fraction of sp³-hybridized carbons (Fsp3) is 0.536. The lowest BCUT2D eigenvalue weighted by molar-refractivity contribution is -0.278. The molecule has 3 heterocycles. The predicted octanol–water partition coefficient (Wildman–Crippen LogP) is 5.12. The Morgan fingerprint density at radius 1 is 1.00 bits per heavy atom. The third-order valence-corrected chi connectivity index (χ3v) is 8.21. The number of ether oxygens (including phenoxy) is 4. The molecule has 3 aliphatic heterocycles. The van der Waals surface area contributed by atoms with Gasteiger partial charge >= 0.3 is 0 Å². The molecular weight excluding hydrogens is 567 g/mol. The lowest BCUT2D eigenvalue weighted by Gasteiger charge is -2.44. The SMILES string of the molecule is CC1C(CN2CCC3(CC2)OCCO3)OC(c2ccc(NC(=O)C(Cl)(Cl)Cl)cc2)OC1c1ccc(CO)cc1. The number of anilines is 1. The molecule has 11 heteroatoms. The number of hydrogen-bond donors (Lipinski definition) is 2. The summed E-state index contributed by atoms with van der Waals surface area (Å²) in [5.74, 6) is -1.09. The molecular formula is C28H33Cl3N2O6. The number of piperidine rings is 1. The lowest BCUT2D eigenvalue weighted by atomic mass is 9.89. The Balaban J connectivity index is 1.32. The second-order valence-corrected chi connectivity index (χ2v) is 12.6. The third-order valence-electron chi connectivity index (χ3n) is 7.69. The topological polar surface area (TPSA) is 89.5 Å². The Hall–Kier alpha value is -1.46. The van der Waals surface area contributed by atoms with E-state index in [1.54, 1.807) is 12.1 Å². The highest BCUT2D eigenvalue weighted by atomic mass is 35.6. The molecule has 2 aromatic carbocycles. The van der Waals surface area contributed by atoms with Crippen molar-refractivity contribution in [3.05, 3.63) is 65.2 Å². The minimum absolute atomic E-state index is 0.0131. The van der Waals surface area contributed by atoms with Crippen LogP contribution >= 0.6 is 34.8 Å². The number of aliphatic hydroxyl groups is 1. The molecule has 212 valence electrons. The van der Waals surface area contributed by atoms with Gasteiger partial charge in [-0.25, -0.2) is 0 Å². The van der Waals surface area contributed by atoms with Crippen molar-refractivity contribution in [3.8, 4) is 0 Å². The highest BCUT2D eigenvalue weighted by molar-refractivity contribution is 6.76. The van der Waals surface area contributed by atoms with Crippen LogP contribution in [0, 0.1) is 5.92 Å². The molecule has 1 amide bonds. The van der Waals surface area contributed by atoms with Crippen molar-refractivity contribution < 1.29 is 28.8 Å². The summed E-state index contributed by atoms with van der Waals surface area (Å²) < 4.78 is 22.8. The molecule has 0 aromatic heterocycles. The zero-order valence-electron chi connectivity index (χ0n) is 21.7. The van der Waals surface area contributed by atoms with Crippen LogP contribution in [-0.2, 0) is 30.3 Å². The van der Waals surface area contributed by atoms with Crippen LogP contribution in [0.25, 0.3) is 0 Å². The van der Waals surface area contributed by atoms with Crippen LogP contribution in [0.2, 0.25) is 0 Å². The number of carbonyl (C=O) groups excluding carboxylic acids is 1. The van der Waals surface area contributed by atoms with E-state index in [0.29, 0.717) is 18.9 Å². The van der Waals surface area contributed by atoms with E-state index in [1.165, 1.54) is 0 Å². The maximum absolute atomic E-state index is 12.0. The summed E-state index contributed by atoms with van der Waals surface area (Å²) in [5, 5.41) is 12.1. The van der Waals surface area contributed by atoms with Gasteiger partial charge in [0.05, 0.1) is 32.0 Å². The summed E-state index contributed by atoms with van der Waals surface area (Å²) >= 11 is 17.0. The molecule has 2 aromatic rings. The minimum Gasteiger partial charge on any atom is -0.392 e. The maximum atomic E-state index is 12.0. The summed E-state index contributed by atoms with van der Waals surface area (Å²) in [5.41, 5.74) is 3.17. The fourth-order valence-electron chi connectivity index (χ4n) is 5.37. The zero-order chi connectivity index (χ0) is 27.6. The highest BCUT2D eigenvalue weighted by Gasteiger charge is 2.43. The fourth-order valence-corrected chi connectivity index (χ4v) is 5.51. The first kappa shape index (κ1) is 29.0. The summed E-state index contributed by atoms with van der Waals surface area (Å²) in [7, 11) is 0. The van der Waals surface area contributed by atoms with Crippen molar-refractivity contribution >= 4 is 46.4 Å². The summed E-state index contributed by atoms with van der Waals surface area (Å²) in [4.78, 5) is 14.4. The number of aliphatic hydroxyl groups excluding tert-OH is 1. The second-order valence-electron chi connectivity index (χ2n) is 10.3. The summed E-state index contributed by atoms with van der Waals surface area (Å²) in [6.45, 7) is 5.93. The van der Waals surface area contributed by atoms with Gasteiger partial charge < -0.3 is 34.3 Å². The molecule has 4 unspecified atom stereocenters. The van der Waals surface area contributed by atoms with Gasteiger partial charge in [-0.15, -0.1) is 0 Å². The first-order valence-corrected chi connectivity index (χ1v) is 14.3. The van der Waals surface area contributed by atoms with Crippen LogP contribution in [0.3, 0.4) is 0 Å². The van der Waals surface area contributed by atoms with Crippen molar-refractivity contribution in [2.75, 3.05) is 38.2 Å². The monoisotopic (exact) mass is 598 g/mol. The van der Waals surface area contributed by atoms with Gasteiger partial charge in [-0.1, -0.05) is 78.1 Å². The normalized spacial score (nSPS) is 27.5. The zero-order valence-corrected chi connectivity index (χ0v) is 23.9. The average molecular weight is 600 g/mol. The molecule has 39 heavy (non-hydrogen) atoms. The molecule has 4 atom stereocenters. The van der Waals surface area contributed by atoms with E-state index >= 15 is 0 Å². The lowest BCUT2D eigenvalue weighted by Crippen LogP contribution is -2.50. The van der Waals surface area contributed by atoms with Gasteiger partial charge in [-0.05, 0) is 23.3 Å². The van der Waals surface area contributed by atoms with Crippen LogP contribution in [0.4, 0.5) is 5.69 Å². The minimum atomic E-state index is -2.06. The smallest absolute Gasteiger partial charge is 0.276 e. The molecule has 8 nitrogen and oxygen atoms in total. The number of benzene rings is 2. The number of carbonyl (C=O) groups is 1. The molecule has 5 rings (SSSR count). The number of likely N-dealkylation sites (tertiary alicyclic amines) is 1. The number of nitrogens with zero attached hydrogens (tertiary/aromatic N) is 1. The van der Waals surface area contributed by atoms with Crippen molar-refractivity contribution in [1.29, 1.82) is 0 Å². The molecule has 0 bridgehead atoms. The Morgan fingerprint density at radius 3 is 2.21 bits per heavy atom. The first-order valence-electron chi connectivity index (χ1n) is 13.1. The second kappa shape index (κ2) is 12.2. The van der Waals surface area contributed by atoms with E-state index in [9.17, 15) is 9.90 Å². The predicted molar refractivity (Wildman–Crippen MR) is 149 cm³/mol. The molecule has 3 aliphatic rings. The van der Waals surface area contributed by atoms with Gasteiger partial charge in [0.1, 0.15) is 0 Å². The summed E-state index contributed by atoms with van der Waals surface area (Å²) in [6, 6.07) is 14.9. The van der Waals surface area contributed by atoms with Crippen LogP contribution < -0.4 is 5.32 Å². The van der Waals surface area contributed by atoms with Crippen LogP contribution in [-0.4, -0.2) is 64.4 Å². The summed E-state index contributed by atoms with van der Waals surface area (Å²) in [6.07, 6.45) is 0.727. The van der Waals surface area contributed by atoms with Gasteiger partial charge in [0.25, 0.3) is 9.70 Å². The molecule has 0 saturated carbocycles. The molecule has 0 radical (unpaired) electrons. The first-order chi connectivity index (χ1) is 18.7. The van der Waals surface area contributed by atoms with Gasteiger partial charge in [0.2, 0.25) is 0 Å². The van der Waals surface area contributed by atoms with E-state index in [1.807, 2.05) is 36.4 Å². The third kappa shape index (κ3) is 6.89. The number of halogens is 3. The van der Waals surface area contributed by atoms with Crippen LogP contribution in [0.1, 0.15) is 48.8 Å². The highest BCUT2D eigenvalue weighted by Crippen LogP contribution is 2.42. The van der Waals surface area contributed by atoms with Gasteiger partial charge in [0.15, 0.2) is 12.1 Å². The van der Waals surface area contributed by atoms with Crippen molar-refractivity contribution in [1.82, 2.24) is 4.90 Å². The Morgan fingerprint density at radius 2 is 1.62 bits per heavy atom. The van der Waals surface area contributed by atoms with E-state index in [-0.39, 0.29) is 24.7 Å². The Labute approximate surface area is 243 Å². The number of amides is 1. The van der Waals surface area contributed by atoms with Crippen LogP contribution in [0.15, 0.2) is 48.5 Å². The quantitative estimate of drug-likeness (QED) is 0.446. The van der Waals surface area contributed by atoms with Crippen molar-refractivity contribution in [2.24, 2.45) is 5.92 Å². The maximum Gasteiger partial charge on any atom is 0.276 e. The Bertz CT molecular complexity index is 1110. The molecule has 0 aliphatic carbocycles. The molecule has 3 saturated heterocycles. The van der Waals surface area contributed by atoms with E-state index in [2.05, 4.69) is 17.1 Å². The van der Waals surface area contributed by atoms with Crippen molar-refractivity contribution in [3.63, 3.8) is 0 Å². The number of rotatable bonds is 6. The van der Waals surface area contributed by atoms with Gasteiger partial charge in [-0.3, -0.25) is 4.79 Å². The van der Waals surface area contributed by atoms with Gasteiger partial charge in [-0.2, -0.15) is 0 Å². The van der Waals surface area contributed by atoms with Crippen LogP contribution in [0.5, 0.6) is 0 Å². The van der Waals surface area contributed by atoms with Gasteiger partial charge in [0, 0.05) is 49.6 Å². The number of hydrogen-bond acceptors (Lipinski definition) is 7. The van der Waals surface area contributed by atoms with Crippen molar-refractivity contribution in [2.45, 2.75) is 54.4 Å².